The van der Waals surface area contributed by atoms with Gasteiger partial charge in [-0.25, -0.2) is 8.42 Å². The zero-order valence-electron chi connectivity index (χ0n) is 15.8. The average molecular weight is 423 g/mol. The van der Waals surface area contributed by atoms with E-state index < -0.39 is 10.0 Å². The lowest BCUT2D eigenvalue weighted by Gasteiger charge is -2.09. The molecular weight excluding hydrogens is 400 g/mol. The van der Waals surface area contributed by atoms with Gasteiger partial charge in [-0.05, 0) is 56.8 Å². The first-order valence-corrected chi connectivity index (χ1v) is 10.1. The number of benzene rings is 2. The number of nitrogens with zero attached hydrogens (tertiary/aromatic N) is 2. The molecule has 2 N–H and O–H groups in total. The van der Waals surface area contributed by atoms with E-state index in [4.69, 9.17) is 4.52 Å². The summed E-state index contributed by atoms with van der Waals surface area (Å²) in [4.78, 5) is 4.48. The maximum Gasteiger partial charge on any atom is 0.261 e. The molecule has 0 aliphatic rings. The molecule has 1 aromatic heterocycles. The predicted octanol–water partition coefficient (Wildman–Crippen LogP) is 3.42. The summed E-state index contributed by atoms with van der Waals surface area (Å²) in [6, 6.07) is 13.8. The van der Waals surface area contributed by atoms with E-state index in [9.17, 15) is 8.42 Å². The molecule has 0 amide bonds. The quantitative estimate of drug-likeness (QED) is 0.605. The highest BCUT2D eigenvalue weighted by Crippen LogP contribution is 2.23. The summed E-state index contributed by atoms with van der Waals surface area (Å²) < 4.78 is 33.3. The summed E-state index contributed by atoms with van der Waals surface area (Å²) in [6.45, 7) is 3.92. The molecule has 0 aliphatic carbocycles. The van der Waals surface area contributed by atoms with Crippen LogP contribution in [0, 0.1) is 6.92 Å². The number of aromatic nitrogens is 2. The van der Waals surface area contributed by atoms with Gasteiger partial charge in [-0.3, -0.25) is 4.72 Å². The number of hydrogen-bond acceptors (Lipinski definition) is 6. The van der Waals surface area contributed by atoms with E-state index in [2.05, 4.69) is 20.2 Å². The van der Waals surface area contributed by atoms with Crippen LogP contribution in [0.2, 0.25) is 0 Å². The van der Waals surface area contributed by atoms with E-state index in [1.54, 1.807) is 30.3 Å². The lowest BCUT2D eigenvalue weighted by Crippen LogP contribution is -2.24. The molecule has 1 unspecified atom stereocenters. The SMILES string of the molecule is CNC(C)Cc1noc(-c2cccc(S(=O)(=O)Nc3cccc(C)c3)c2)n1.Cl. The fourth-order valence-corrected chi connectivity index (χ4v) is 3.64. The smallest absolute Gasteiger partial charge is 0.261 e. The Bertz CT molecular complexity index is 1040. The molecule has 0 fully saturated rings. The van der Waals surface area contributed by atoms with E-state index in [1.165, 1.54) is 12.1 Å². The number of hydrogen-bond donors (Lipinski definition) is 2. The van der Waals surface area contributed by atoms with Gasteiger partial charge < -0.3 is 9.84 Å². The molecule has 0 saturated carbocycles. The van der Waals surface area contributed by atoms with E-state index in [0.717, 1.165) is 5.56 Å². The lowest BCUT2D eigenvalue weighted by molar-refractivity contribution is 0.418. The van der Waals surface area contributed by atoms with Crippen LogP contribution in [0.4, 0.5) is 5.69 Å². The Kier molecular flexibility index (Phi) is 7.17. The van der Waals surface area contributed by atoms with Gasteiger partial charge in [-0.15, -0.1) is 12.4 Å². The van der Waals surface area contributed by atoms with Crippen LogP contribution in [-0.4, -0.2) is 31.6 Å². The molecule has 150 valence electrons. The highest BCUT2D eigenvalue weighted by Gasteiger charge is 2.17. The van der Waals surface area contributed by atoms with Gasteiger partial charge in [0.15, 0.2) is 5.82 Å². The van der Waals surface area contributed by atoms with E-state index in [-0.39, 0.29) is 23.3 Å². The number of anilines is 1. The summed E-state index contributed by atoms with van der Waals surface area (Å²) in [6.07, 6.45) is 0.618. The molecule has 0 radical (unpaired) electrons. The lowest BCUT2D eigenvalue weighted by atomic mass is 10.2. The van der Waals surface area contributed by atoms with Crippen molar-refractivity contribution >= 4 is 28.1 Å². The third kappa shape index (κ3) is 5.31. The van der Waals surface area contributed by atoms with Gasteiger partial charge in [0, 0.05) is 23.7 Å². The zero-order chi connectivity index (χ0) is 19.4. The van der Waals surface area contributed by atoms with Crippen molar-refractivity contribution in [2.75, 3.05) is 11.8 Å². The second-order valence-corrected chi connectivity index (χ2v) is 8.09. The van der Waals surface area contributed by atoms with Crippen LogP contribution in [0.15, 0.2) is 57.9 Å². The number of likely N-dealkylation sites (N-methyl/N-ethyl adjacent to an activating group) is 1. The molecule has 3 rings (SSSR count). The molecule has 7 nitrogen and oxygen atoms in total. The van der Waals surface area contributed by atoms with Crippen LogP contribution >= 0.6 is 12.4 Å². The van der Waals surface area contributed by atoms with Crippen LogP contribution in [0.5, 0.6) is 0 Å². The van der Waals surface area contributed by atoms with Gasteiger partial charge in [0.2, 0.25) is 0 Å². The Labute approximate surface area is 171 Å². The van der Waals surface area contributed by atoms with E-state index in [0.29, 0.717) is 29.4 Å². The topological polar surface area (TPSA) is 97.1 Å². The molecule has 9 heteroatoms. The largest absolute Gasteiger partial charge is 0.334 e. The molecule has 0 spiro atoms. The maximum atomic E-state index is 12.7. The number of sulfonamides is 1. The summed E-state index contributed by atoms with van der Waals surface area (Å²) >= 11 is 0. The average Bonchev–Trinajstić information content (AvgIpc) is 3.10. The van der Waals surface area contributed by atoms with Crippen molar-refractivity contribution < 1.29 is 12.9 Å². The standard InChI is InChI=1S/C19H22N4O3S.ClH/c1-13-6-4-8-16(10-13)23-27(24,25)17-9-5-7-15(12-17)19-21-18(22-26-19)11-14(2)20-3;/h4-10,12,14,20,23H,11H2,1-3H3;1H. The maximum absolute atomic E-state index is 12.7. The molecule has 0 bridgehead atoms. The molecule has 3 aromatic rings. The third-order valence-corrected chi connectivity index (χ3v) is 5.49. The van der Waals surface area contributed by atoms with Crippen molar-refractivity contribution in [2.45, 2.75) is 31.2 Å². The first kappa shape index (κ1) is 21.9. The van der Waals surface area contributed by atoms with Crippen LogP contribution in [0.1, 0.15) is 18.3 Å². The molecule has 28 heavy (non-hydrogen) atoms. The number of aryl methyl sites for hydroxylation is 1. The summed E-state index contributed by atoms with van der Waals surface area (Å²) in [7, 11) is -1.86. The fourth-order valence-electron chi connectivity index (χ4n) is 2.55. The van der Waals surface area contributed by atoms with Gasteiger partial charge in [-0.2, -0.15) is 4.98 Å². The van der Waals surface area contributed by atoms with Crippen molar-refractivity contribution in [1.82, 2.24) is 15.5 Å². The monoisotopic (exact) mass is 422 g/mol. The minimum Gasteiger partial charge on any atom is -0.334 e. The Morgan fingerprint density at radius 2 is 1.89 bits per heavy atom. The minimum atomic E-state index is -3.73. The van der Waals surface area contributed by atoms with Crippen LogP contribution < -0.4 is 10.0 Å². The number of nitrogens with one attached hydrogen (secondary N) is 2. The normalized spacial score (nSPS) is 12.2. The Morgan fingerprint density at radius 3 is 2.61 bits per heavy atom. The van der Waals surface area contributed by atoms with Crippen molar-refractivity contribution in [3.63, 3.8) is 0 Å². The highest BCUT2D eigenvalue weighted by atomic mass is 35.5. The van der Waals surface area contributed by atoms with Gasteiger partial charge in [-0.1, -0.05) is 23.4 Å². The number of halogens is 1. The van der Waals surface area contributed by atoms with Crippen molar-refractivity contribution in [3.8, 4) is 11.5 Å². The van der Waals surface area contributed by atoms with E-state index in [1.807, 2.05) is 27.0 Å². The first-order chi connectivity index (χ1) is 12.9. The summed E-state index contributed by atoms with van der Waals surface area (Å²) in [5.41, 5.74) is 2.04. The minimum absolute atomic E-state index is 0. The molecule has 0 aliphatic heterocycles. The van der Waals surface area contributed by atoms with E-state index >= 15 is 0 Å². The van der Waals surface area contributed by atoms with Crippen LogP contribution in [0.3, 0.4) is 0 Å². The second-order valence-electron chi connectivity index (χ2n) is 6.41. The molecular formula is C19H23ClN4O3S. The van der Waals surface area contributed by atoms with Gasteiger partial charge in [0.1, 0.15) is 0 Å². The highest BCUT2D eigenvalue weighted by molar-refractivity contribution is 7.92. The fraction of sp³-hybridized carbons (Fsp3) is 0.263. The third-order valence-electron chi connectivity index (χ3n) is 4.11. The van der Waals surface area contributed by atoms with Gasteiger partial charge in [0.05, 0.1) is 4.90 Å². The van der Waals surface area contributed by atoms with Crippen molar-refractivity contribution in [2.24, 2.45) is 0 Å². The van der Waals surface area contributed by atoms with Crippen molar-refractivity contribution in [1.29, 1.82) is 0 Å². The second kappa shape index (κ2) is 9.18. The molecule has 1 heterocycles. The van der Waals surface area contributed by atoms with Crippen molar-refractivity contribution in [3.05, 3.63) is 59.9 Å². The zero-order valence-corrected chi connectivity index (χ0v) is 17.5. The summed E-state index contributed by atoms with van der Waals surface area (Å²) in [5.74, 6) is 0.860. The Balaban J connectivity index is 0.00000280. The molecule has 0 saturated heterocycles. The summed E-state index contributed by atoms with van der Waals surface area (Å²) in [5, 5.41) is 7.07. The molecule has 2 aromatic carbocycles. The predicted molar refractivity (Wildman–Crippen MR) is 111 cm³/mol. The van der Waals surface area contributed by atoms with Crippen LogP contribution in [-0.2, 0) is 16.4 Å². The van der Waals surface area contributed by atoms with Gasteiger partial charge in [0.25, 0.3) is 15.9 Å². The van der Waals surface area contributed by atoms with Gasteiger partial charge >= 0.3 is 0 Å². The van der Waals surface area contributed by atoms with Crippen LogP contribution in [0.25, 0.3) is 11.5 Å². The molecule has 1 atom stereocenters. The Morgan fingerprint density at radius 1 is 1.14 bits per heavy atom. The number of rotatable bonds is 7. The first-order valence-electron chi connectivity index (χ1n) is 8.57. The Hall–Kier alpha value is -2.42.